The number of carbonyl (C=O) groups is 2. The van der Waals surface area contributed by atoms with Gasteiger partial charge in [-0.15, -0.1) is 0 Å². The van der Waals surface area contributed by atoms with Crippen molar-refractivity contribution in [3.05, 3.63) is 35.4 Å². The van der Waals surface area contributed by atoms with Gasteiger partial charge in [-0.05, 0) is 37.5 Å². The van der Waals surface area contributed by atoms with Crippen LogP contribution in [0.2, 0.25) is 0 Å². The Hall–Kier alpha value is -1.92. The number of nitrogens with zero attached hydrogens (tertiary/aromatic N) is 2. The number of nitrogens with one attached hydrogen (secondary N) is 1. The van der Waals surface area contributed by atoms with E-state index in [0.29, 0.717) is 17.2 Å². The summed E-state index contributed by atoms with van der Waals surface area (Å²) in [7, 11) is 1.59. The van der Waals surface area contributed by atoms with Gasteiger partial charge in [0.2, 0.25) is 0 Å². The van der Waals surface area contributed by atoms with E-state index in [2.05, 4.69) is 10.2 Å². The molecule has 0 bridgehead atoms. The molecule has 0 atom stereocenters. The van der Waals surface area contributed by atoms with E-state index in [-0.39, 0.29) is 11.8 Å². The zero-order chi connectivity index (χ0) is 17.6. The standard InChI is InChI=1S/C19H27N3O3/c1-20-18(23)15-4-2-5-16(14-15)19(24)22-9-6-17(7-10-22)21-8-3-12-25-13-11-21/h2,4-5,14,17H,3,6-13H2,1H3,(H,20,23). The normalized spacial score (nSPS) is 20.1. The monoisotopic (exact) mass is 345 g/mol. The van der Waals surface area contributed by atoms with E-state index in [9.17, 15) is 9.59 Å². The molecule has 25 heavy (non-hydrogen) atoms. The average Bonchev–Trinajstić information content (AvgIpc) is 2.96. The van der Waals surface area contributed by atoms with Crippen molar-refractivity contribution in [1.82, 2.24) is 15.1 Å². The number of ether oxygens (including phenoxy) is 1. The molecule has 0 aliphatic carbocycles. The molecule has 0 spiro atoms. The van der Waals surface area contributed by atoms with Gasteiger partial charge >= 0.3 is 0 Å². The molecule has 136 valence electrons. The summed E-state index contributed by atoms with van der Waals surface area (Å²) in [5, 5.41) is 2.59. The number of likely N-dealkylation sites (tertiary alicyclic amines) is 1. The van der Waals surface area contributed by atoms with Gasteiger partial charge in [0, 0.05) is 57.0 Å². The van der Waals surface area contributed by atoms with Crippen LogP contribution in [-0.4, -0.2) is 74.1 Å². The Kier molecular flexibility index (Phi) is 6.04. The molecular weight excluding hydrogens is 318 g/mol. The first-order chi connectivity index (χ1) is 12.2. The topological polar surface area (TPSA) is 61.9 Å². The summed E-state index contributed by atoms with van der Waals surface area (Å²) in [4.78, 5) is 28.9. The van der Waals surface area contributed by atoms with Crippen molar-refractivity contribution in [2.24, 2.45) is 0 Å². The van der Waals surface area contributed by atoms with Gasteiger partial charge in [-0.3, -0.25) is 14.5 Å². The van der Waals surface area contributed by atoms with Gasteiger partial charge in [0.25, 0.3) is 11.8 Å². The van der Waals surface area contributed by atoms with Crippen molar-refractivity contribution in [3.63, 3.8) is 0 Å². The summed E-state index contributed by atoms with van der Waals surface area (Å²) in [5.74, 6) is -0.153. The first-order valence-electron chi connectivity index (χ1n) is 9.12. The Morgan fingerprint density at radius 3 is 2.60 bits per heavy atom. The van der Waals surface area contributed by atoms with Gasteiger partial charge in [0.05, 0.1) is 6.61 Å². The van der Waals surface area contributed by atoms with Gasteiger partial charge in [-0.1, -0.05) is 6.07 Å². The maximum absolute atomic E-state index is 12.8. The second-order valence-corrected chi connectivity index (χ2v) is 6.69. The lowest BCUT2D eigenvalue weighted by molar-refractivity contribution is 0.0609. The molecule has 2 aliphatic heterocycles. The molecule has 6 nitrogen and oxygen atoms in total. The minimum atomic E-state index is -0.170. The average molecular weight is 345 g/mol. The van der Waals surface area contributed by atoms with Crippen LogP contribution in [0, 0.1) is 0 Å². The van der Waals surface area contributed by atoms with E-state index in [1.165, 1.54) is 0 Å². The number of benzene rings is 1. The second kappa shape index (κ2) is 8.45. The smallest absolute Gasteiger partial charge is 0.253 e. The molecule has 0 aromatic heterocycles. The Morgan fingerprint density at radius 2 is 1.84 bits per heavy atom. The lowest BCUT2D eigenvalue weighted by atomic mass is 10.0. The van der Waals surface area contributed by atoms with Gasteiger partial charge in [-0.25, -0.2) is 0 Å². The molecule has 2 fully saturated rings. The highest BCUT2D eigenvalue weighted by molar-refractivity contribution is 5.99. The van der Waals surface area contributed by atoms with Crippen LogP contribution in [0.5, 0.6) is 0 Å². The maximum Gasteiger partial charge on any atom is 0.253 e. The molecule has 3 rings (SSSR count). The largest absolute Gasteiger partial charge is 0.380 e. The fourth-order valence-corrected chi connectivity index (χ4v) is 3.68. The fourth-order valence-electron chi connectivity index (χ4n) is 3.68. The van der Waals surface area contributed by atoms with Crippen LogP contribution in [0.4, 0.5) is 0 Å². The molecule has 1 aromatic rings. The number of hydrogen-bond donors (Lipinski definition) is 1. The van der Waals surface area contributed by atoms with Crippen LogP contribution in [0.3, 0.4) is 0 Å². The van der Waals surface area contributed by atoms with Crippen molar-refractivity contribution in [1.29, 1.82) is 0 Å². The molecule has 0 unspecified atom stereocenters. The van der Waals surface area contributed by atoms with Gasteiger partial charge in [-0.2, -0.15) is 0 Å². The summed E-state index contributed by atoms with van der Waals surface area (Å²) in [6.07, 6.45) is 3.09. The molecule has 2 amide bonds. The van der Waals surface area contributed by atoms with Gasteiger partial charge in [0.1, 0.15) is 0 Å². The Morgan fingerprint density at radius 1 is 1.08 bits per heavy atom. The number of piperidine rings is 1. The molecule has 2 saturated heterocycles. The Balaban J connectivity index is 1.59. The molecule has 1 N–H and O–H groups in total. The summed E-state index contributed by atoms with van der Waals surface area (Å²) in [6.45, 7) is 5.29. The van der Waals surface area contributed by atoms with Crippen molar-refractivity contribution in [3.8, 4) is 0 Å². The van der Waals surface area contributed by atoms with E-state index in [4.69, 9.17) is 4.74 Å². The van der Waals surface area contributed by atoms with Crippen LogP contribution in [-0.2, 0) is 4.74 Å². The van der Waals surface area contributed by atoms with Crippen molar-refractivity contribution in [2.45, 2.75) is 25.3 Å². The highest BCUT2D eigenvalue weighted by Gasteiger charge is 2.28. The molecule has 0 saturated carbocycles. The van der Waals surface area contributed by atoms with Crippen LogP contribution >= 0.6 is 0 Å². The Bertz CT molecular complexity index is 604. The summed E-state index contributed by atoms with van der Waals surface area (Å²) in [5.41, 5.74) is 1.11. The third-order valence-corrected chi connectivity index (χ3v) is 5.12. The summed E-state index contributed by atoms with van der Waals surface area (Å²) >= 11 is 0. The quantitative estimate of drug-likeness (QED) is 0.899. The number of carbonyl (C=O) groups excluding carboxylic acids is 2. The van der Waals surface area contributed by atoms with Crippen molar-refractivity contribution < 1.29 is 14.3 Å². The lowest BCUT2D eigenvalue weighted by Gasteiger charge is -2.38. The minimum Gasteiger partial charge on any atom is -0.380 e. The SMILES string of the molecule is CNC(=O)c1cccc(C(=O)N2CCC(N3CCCOCC3)CC2)c1. The van der Waals surface area contributed by atoms with Crippen LogP contribution in [0.15, 0.2) is 24.3 Å². The fraction of sp³-hybridized carbons (Fsp3) is 0.579. The molecule has 2 heterocycles. The second-order valence-electron chi connectivity index (χ2n) is 6.69. The van der Waals surface area contributed by atoms with E-state index >= 15 is 0 Å². The van der Waals surface area contributed by atoms with Gasteiger partial charge < -0.3 is 15.0 Å². The first-order valence-corrected chi connectivity index (χ1v) is 9.12. The molecule has 2 aliphatic rings. The predicted octanol–water partition coefficient (Wildman–Crippen LogP) is 1.37. The van der Waals surface area contributed by atoms with E-state index in [0.717, 1.165) is 58.7 Å². The Labute approximate surface area is 149 Å². The highest BCUT2D eigenvalue weighted by atomic mass is 16.5. The summed E-state index contributed by atoms with van der Waals surface area (Å²) in [6, 6.07) is 7.50. The first kappa shape index (κ1) is 17.9. The van der Waals surface area contributed by atoms with Crippen molar-refractivity contribution >= 4 is 11.8 Å². The molecule has 0 radical (unpaired) electrons. The maximum atomic E-state index is 12.8. The third-order valence-electron chi connectivity index (χ3n) is 5.12. The number of rotatable bonds is 3. The van der Waals surface area contributed by atoms with Gasteiger partial charge in [0.15, 0.2) is 0 Å². The zero-order valence-electron chi connectivity index (χ0n) is 14.9. The highest BCUT2D eigenvalue weighted by Crippen LogP contribution is 2.20. The van der Waals surface area contributed by atoms with Crippen LogP contribution in [0.1, 0.15) is 40.0 Å². The van der Waals surface area contributed by atoms with Crippen molar-refractivity contribution in [2.75, 3.05) is 46.4 Å². The summed E-state index contributed by atoms with van der Waals surface area (Å²) < 4.78 is 5.53. The molecule has 1 aromatic carbocycles. The lowest BCUT2D eigenvalue weighted by Crippen LogP contribution is -2.47. The van der Waals surface area contributed by atoms with E-state index < -0.39 is 0 Å². The molecule has 6 heteroatoms. The van der Waals surface area contributed by atoms with E-state index in [1.54, 1.807) is 31.3 Å². The number of amides is 2. The number of hydrogen-bond acceptors (Lipinski definition) is 4. The third kappa shape index (κ3) is 4.38. The molecular formula is C19H27N3O3. The predicted molar refractivity (Wildman–Crippen MR) is 95.8 cm³/mol. The minimum absolute atomic E-state index is 0.0170. The zero-order valence-corrected chi connectivity index (χ0v) is 14.9. The van der Waals surface area contributed by atoms with E-state index in [1.807, 2.05) is 4.90 Å². The van der Waals surface area contributed by atoms with Crippen LogP contribution < -0.4 is 5.32 Å². The van der Waals surface area contributed by atoms with Crippen LogP contribution in [0.25, 0.3) is 0 Å².